The van der Waals surface area contributed by atoms with Crippen LogP contribution in [0.4, 0.5) is 0 Å². The summed E-state index contributed by atoms with van der Waals surface area (Å²) in [6.07, 6.45) is 2.88. The Labute approximate surface area is 153 Å². The summed E-state index contributed by atoms with van der Waals surface area (Å²) in [5, 5.41) is 21.0. The van der Waals surface area contributed by atoms with Crippen LogP contribution in [0, 0.1) is 5.92 Å². The summed E-state index contributed by atoms with van der Waals surface area (Å²) in [5.41, 5.74) is -0.0660. The first-order valence-corrected chi connectivity index (χ1v) is 7.36. The van der Waals surface area contributed by atoms with Gasteiger partial charge in [0.1, 0.15) is 0 Å². The fraction of sp³-hybridized carbons (Fsp3) is 0.357. The minimum atomic E-state index is -1.36. The summed E-state index contributed by atoms with van der Waals surface area (Å²) >= 11 is 1.29. The van der Waals surface area contributed by atoms with Gasteiger partial charge in [-0.2, -0.15) is 0 Å². The zero-order valence-electron chi connectivity index (χ0n) is 12.2. The van der Waals surface area contributed by atoms with Crippen LogP contribution < -0.4 is 34.7 Å². The van der Waals surface area contributed by atoms with E-state index in [9.17, 15) is 19.8 Å². The molecular weight excluding hydrogens is 315 g/mol. The summed E-state index contributed by atoms with van der Waals surface area (Å²) in [6, 6.07) is 3.26. The largest absolute Gasteiger partial charge is 1.00 e. The molecule has 1 saturated heterocycles. The van der Waals surface area contributed by atoms with Gasteiger partial charge >= 0.3 is 29.6 Å². The van der Waals surface area contributed by atoms with Crippen molar-refractivity contribution in [2.45, 2.75) is 30.4 Å². The number of aliphatic hydroxyl groups excluding tert-OH is 1. The Hall–Kier alpha value is -0.860. The minimum Gasteiger partial charge on any atom is -0.543 e. The SMILES string of the molecule is C[C@@H](O)[C@H]1C(=O)N2C(C(=O)[O-])=C(Sc3ccncc3)C[C@H]12.[Na+]. The first-order valence-electron chi connectivity index (χ1n) is 6.54. The van der Waals surface area contributed by atoms with Crippen LogP contribution in [0.2, 0.25) is 0 Å². The van der Waals surface area contributed by atoms with E-state index in [0.717, 1.165) is 4.90 Å². The Morgan fingerprint density at radius 2 is 2.14 bits per heavy atom. The van der Waals surface area contributed by atoms with Crippen LogP contribution in [0.3, 0.4) is 0 Å². The van der Waals surface area contributed by atoms with Crippen molar-refractivity contribution in [2.24, 2.45) is 5.92 Å². The van der Waals surface area contributed by atoms with Crippen molar-refractivity contribution < 1.29 is 49.4 Å². The fourth-order valence-electron chi connectivity index (χ4n) is 2.86. The number of hydrogen-bond donors (Lipinski definition) is 1. The summed E-state index contributed by atoms with van der Waals surface area (Å²) in [7, 11) is 0. The molecule has 0 aromatic carbocycles. The third-order valence-electron chi connectivity index (χ3n) is 3.77. The molecule has 0 saturated carbocycles. The summed E-state index contributed by atoms with van der Waals surface area (Å²) < 4.78 is 0. The van der Waals surface area contributed by atoms with E-state index in [1.54, 1.807) is 31.5 Å². The molecule has 8 heteroatoms. The molecule has 0 aliphatic carbocycles. The zero-order chi connectivity index (χ0) is 15.1. The molecule has 6 nitrogen and oxygen atoms in total. The van der Waals surface area contributed by atoms with Crippen LogP contribution in [-0.2, 0) is 9.59 Å². The zero-order valence-corrected chi connectivity index (χ0v) is 15.0. The van der Waals surface area contributed by atoms with Gasteiger partial charge in [0.15, 0.2) is 0 Å². The molecule has 3 rings (SSSR count). The van der Waals surface area contributed by atoms with E-state index in [4.69, 9.17) is 0 Å². The molecular formula is C14H13N2NaO4S. The van der Waals surface area contributed by atoms with Gasteiger partial charge in [0.05, 0.1) is 29.7 Å². The molecule has 1 aromatic rings. The van der Waals surface area contributed by atoms with Crippen LogP contribution in [0.5, 0.6) is 0 Å². The van der Waals surface area contributed by atoms with Gasteiger partial charge in [-0.05, 0) is 19.1 Å². The van der Waals surface area contributed by atoms with Crippen LogP contribution >= 0.6 is 11.8 Å². The monoisotopic (exact) mass is 328 g/mol. The van der Waals surface area contributed by atoms with Crippen LogP contribution in [-0.4, -0.2) is 39.0 Å². The number of hydrogen-bond acceptors (Lipinski definition) is 6. The van der Waals surface area contributed by atoms with Gasteiger partial charge in [0, 0.05) is 28.6 Å². The van der Waals surface area contributed by atoms with Crippen molar-refractivity contribution in [3.05, 3.63) is 35.1 Å². The Kier molecular flexibility index (Phi) is 5.34. The number of nitrogens with zero attached hydrogens (tertiary/aromatic N) is 2. The molecule has 0 bridgehead atoms. The minimum absolute atomic E-state index is 0. The maximum absolute atomic E-state index is 12.0. The first kappa shape index (κ1) is 17.5. The standard InChI is InChI=1S/C14H14N2O4S.Na/c1-7(17)11-9-6-10(21-8-2-4-15-5-3-8)12(14(19)20)16(9)13(11)18;/h2-5,7,9,11,17H,6H2,1H3,(H,19,20);/q;+1/p-1/t7-,9-,11-;/m1./s1. The fourth-order valence-corrected chi connectivity index (χ4v) is 3.94. The Morgan fingerprint density at radius 3 is 2.68 bits per heavy atom. The van der Waals surface area contributed by atoms with E-state index in [1.807, 2.05) is 0 Å². The van der Waals surface area contributed by atoms with Crippen LogP contribution in [0.1, 0.15) is 13.3 Å². The Morgan fingerprint density at radius 1 is 1.50 bits per heavy atom. The maximum atomic E-state index is 12.0. The smallest absolute Gasteiger partial charge is 0.543 e. The number of pyridine rings is 1. The number of amides is 1. The van der Waals surface area contributed by atoms with Crippen molar-refractivity contribution >= 4 is 23.6 Å². The normalized spacial score (nSPS) is 24.5. The molecule has 1 amide bonds. The van der Waals surface area contributed by atoms with Crippen LogP contribution in [0.15, 0.2) is 40.0 Å². The third-order valence-corrected chi connectivity index (χ3v) is 4.89. The summed E-state index contributed by atoms with van der Waals surface area (Å²) in [6.45, 7) is 1.55. The molecule has 3 atom stereocenters. The van der Waals surface area contributed by atoms with E-state index < -0.39 is 18.0 Å². The number of aliphatic hydroxyl groups is 1. The number of carboxylic acids is 1. The number of thioether (sulfide) groups is 1. The van der Waals surface area contributed by atoms with Crippen molar-refractivity contribution in [3.8, 4) is 0 Å². The molecule has 1 N–H and O–H groups in total. The molecule has 3 heterocycles. The van der Waals surface area contributed by atoms with Gasteiger partial charge < -0.3 is 19.9 Å². The number of carboxylic acid groups (broad SMARTS) is 1. The number of fused-ring (bicyclic) bond motifs is 1. The molecule has 0 spiro atoms. The van der Waals surface area contributed by atoms with Gasteiger partial charge in [-0.3, -0.25) is 9.78 Å². The number of carbonyl (C=O) groups is 2. The van der Waals surface area contributed by atoms with E-state index in [1.165, 1.54) is 16.7 Å². The molecule has 110 valence electrons. The summed E-state index contributed by atoms with van der Waals surface area (Å²) in [4.78, 5) is 30.0. The van der Waals surface area contributed by atoms with Gasteiger partial charge in [0.2, 0.25) is 5.91 Å². The van der Waals surface area contributed by atoms with Crippen molar-refractivity contribution in [2.75, 3.05) is 0 Å². The molecule has 0 unspecified atom stereocenters. The molecule has 1 fully saturated rings. The molecule has 22 heavy (non-hydrogen) atoms. The van der Waals surface area contributed by atoms with Crippen molar-refractivity contribution in [1.82, 2.24) is 9.88 Å². The number of β-lactam (4-membered cyclic amide) rings is 1. The second kappa shape index (κ2) is 6.72. The molecule has 2 aliphatic rings. The predicted molar refractivity (Wildman–Crippen MR) is 72.5 cm³/mol. The van der Waals surface area contributed by atoms with Gasteiger partial charge in [-0.1, -0.05) is 11.8 Å². The maximum Gasteiger partial charge on any atom is 1.00 e. The molecule has 0 radical (unpaired) electrons. The van der Waals surface area contributed by atoms with Crippen molar-refractivity contribution in [3.63, 3.8) is 0 Å². The topological polar surface area (TPSA) is 93.6 Å². The van der Waals surface area contributed by atoms with Crippen molar-refractivity contribution in [1.29, 1.82) is 0 Å². The average molecular weight is 328 g/mol. The van der Waals surface area contributed by atoms with E-state index in [-0.39, 0.29) is 47.2 Å². The molecule has 2 aliphatic heterocycles. The second-order valence-corrected chi connectivity index (χ2v) is 6.26. The number of aromatic nitrogens is 1. The number of aliphatic carboxylic acids is 1. The average Bonchev–Trinajstić information content (AvgIpc) is 2.74. The summed E-state index contributed by atoms with van der Waals surface area (Å²) in [5.74, 6) is -2.24. The Bertz CT molecular complexity index is 635. The Balaban J connectivity index is 0.00000176. The first-order chi connectivity index (χ1) is 10.0. The second-order valence-electron chi connectivity index (χ2n) is 5.09. The predicted octanol–water partition coefficient (Wildman–Crippen LogP) is -3.25. The quantitative estimate of drug-likeness (QED) is 0.461. The number of rotatable bonds is 4. The molecule has 1 aromatic heterocycles. The van der Waals surface area contributed by atoms with Gasteiger partial charge in [0.25, 0.3) is 0 Å². The van der Waals surface area contributed by atoms with Crippen LogP contribution in [0.25, 0.3) is 0 Å². The third kappa shape index (κ3) is 2.83. The van der Waals surface area contributed by atoms with E-state index in [0.29, 0.717) is 11.3 Å². The van der Waals surface area contributed by atoms with Gasteiger partial charge in [-0.15, -0.1) is 0 Å². The number of carbonyl (C=O) groups excluding carboxylic acids is 2. The van der Waals surface area contributed by atoms with E-state index >= 15 is 0 Å². The van der Waals surface area contributed by atoms with E-state index in [2.05, 4.69) is 4.98 Å². The van der Waals surface area contributed by atoms with Gasteiger partial charge in [-0.25, -0.2) is 0 Å².